The van der Waals surface area contributed by atoms with Crippen molar-refractivity contribution in [1.29, 1.82) is 0 Å². The Bertz CT molecular complexity index is 998. The number of aryl methyl sites for hydroxylation is 1. The molecular weight excluding hydrogens is 372 g/mol. The van der Waals surface area contributed by atoms with Crippen molar-refractivity contribution in [3.8, 4) is 0 Å². The number of amides is 2. The van der Waals surface area contributed by atoms with Crippen LogP contribution in [0.25, 0.3) is 0 Å². The summed E-state index contributed by atoms with van der Waals surface area (Å²) in [5, 5.41) is 2.73. The summed E-state index contributed by atoms with van der Waals surface area (Å²) in [5.74, 6) is -2.25. The minimum absolute atomic E-state index is 0.247. The van der Waals surface area contributed by atoms with Gasteiger partial charge in [0.05, 0.1) is 23.4 Å². The molecule has 0 bridgehead atoms. The minimum Gasteiger partial charge on any atom is -0.462 e. The number of carbonyl (C=O) groups is 4. The highest BCUT2D eigenvalue weighted by Gasteiger charge is 2.41. The summed E-state index contributed by atoms with van der Waals surface area (Å²) < 4.78 is 4.97. The molecule has 0 saturated heterocycles. The summed E-state index contributed by atoms with van der Waals surface area (Å²) in [7, 11) is 0. The van der Waals surface area contributed by atoms with Crippen LogP contribution in [0.3, 0.4) is 0 Å². The van der Waals surface area contributed by atoms with Crippen LogP contribution in [0.1, 0.15) is 46.5 Å². The number of anilines is 2. The van der Waals surface area contributed by atoms with Gasteiger partial charge in [-0.1, -0.05) is 24.6 Å². The quantitative estimate of drug-likeness (QED) is 0.600. The van der Waals surface area contributed by atoms with Crippen molar-refractivity contribution < 1.29 is 23.9 Å². The maximum atomic E-state index is 12.9. The van der Waals surface area contributed by atoms with Crippen LogP contribution >= 0.6 is 0 Å². The number of fused-ring (bicyclic) bond motifs is 1. The Morgan fingerprint density at radius 1 is 1.10 bits per heavy atom. The van der Waals surface area contributed by atoms with Crippen molar-refractivity contribution >= 4 is 34.9 Å². The number of Topliss-reactive ketones (excluding diaryl/α,β-unsaturated/α-hetero) is 1. The molecule has 0 aromatic heterocycles. The fourth-order valence-corrected chi connectivity index (χ4v) is 3.33. The van der Waals surface area contributed by atoms with E-state index in [0.29, 0.717) is 28.9 Å². The molecule has 7 heteroatoms. The van der Waals surface area contributed by atoms with Gasteiger partial charge >= 0.3 is 5.97 Å². The van der Waals surface area contributed by atoms with Crippen molar-refractivity contribution in [3.05, 3.63) is 59.2 Å². The minimum atomic E-state index is -0.860. The van der Waals surface area contributed by atoms with Crippen molar-refractivity contribution in [1.82, 2.24) is 0 Å². The summed E-state index contributed by atoms with van der Waals surface area (Å²) in [4.78, 5) is 51.0. The summed E-state index contributed by atoms with van der Waals surface area (Å²) in [6, 6.07) is 10.6. The number of hydrogen-bond donors (Lipinski definition) is 1. The molecular formula is C22H22N2O5. The van der Waals surface area contributed by atoms with Crippen molar-refractivity contribution in [3.63, 3.8) is 0 Å². The molecule has 29 heavy (non-hydrogen) atoms. The zero-order valence-electron chi connectivity index (χ0n) is 16.5. The Hall–Kier alpha value is -3.48. The Morgan fingerprint density at radius 2 is 1.86 bits per heavy atom. The van der Waals surface area contributed by atoms with Crippen LogP contribution in [0.15, 0.2) is 42.5 Å². The van der Waals surface area contributed by atoms with Gasteiger partial charge in [0.15, 0.2) is 0 Å². The van der Waals surface area contributed by atoms with Gasteiger partial charge in [-0.15, -0.1) is 0 Å². The molecule has 2 aromatic carbocycles. The molecule has 150 valence electrons. The van der Waals surface area contributed by atoms with Crippen LogP contribution in [0.5, 0.6) is 0 Å². The van der Waals surface area contributed by atoms with Crippen LogP contribution in [0.2, 0.25) is 0 Å². The molecule has 0 spiro atoms. The molecule has 7 nitrogen and oxygen atoms in total. The Labute approximate surface area is 168 Å². The molecule has 1 aliphatic heterocycles. The van der Waals surface area contributed by atoms with E-state index < -0.39 is 29.6 Å². The van der Waals surface area contributed by atoms with Crippen LogP contribution < -0.4 is 10.2 Å². The molecule has 1 N–H and O–H groups in total. The highest BCUT2D eigenvalue weighted by molar-refractivity contribution is 6.53. The molecule has 1 aliphatic rings. The number of carbonyl (C=O) groups excluding carboxylic acids is 4. The zero-order chi connectivity index (χ0) is 21.1. The van der Waals surface area contributed by atoms with E-state index in [1.807, 2.05) is 6.92 Å². The normalized spacial score (nSPS) is 13.8. The van der Waals surface area contributed by atoms with Crippen LogP contribution in [0.4, 0.5) is 11.4 Å². The van der Waals surface area contributed by atoms with E-state index in [9.17, 15) is 19.2 Å². The first-order valence-corrected chi connectivity index (χ1v) is 9.44. The number of ether oxygens (including phenoxy) is 1. The first kappa shape index (κ1) is 20.3. The molecule has 2 aromatic rings. The smallest absolute Gasteiger partial charge is 0.338 e. The largest absolute Gasteiger partial charge is 0.462 e. The predicted octanol–water partition coefficient (Wildman–Crippen LogP) is 3.12. The topological polar surface area (TPSA) is 92.8 Å². The van der Waals surface area contributed by atoms with E-state index in [4.69, 9.17) is 4.74 Å². The van der Waals surface area contributed by atoms with E-state index in [2.05, 4.69) is 5.32 Å². The molecule has 2 amide bonds. The summed E-state index contributed by atoms with van der Waals surface area (Å²) in [6.45, 7) is 5.56. The Morgan fingerprint density at radius 3 is 2.55 bits per heavy atom. The zero-order valence-corrected chi connectivity index (χ0v) is 16.5. The Balaban J connectivity index is 1.85. The molecule has 0 aliphatic carbocycles. The number of nitrogens with zero attached hydrogens (tertiary/aromatic N) is 1. The SMILES string of the molecule is CCOC(=O)c1cccc(NC(=O)C(CC)N2C(=O)C(=O)c3cc(C)ccc32)c1. The molecule has 0 saturated carbocycles. The van der Waals surface area contributed by atoms with Crippen molar-refractivity contribution in [2.24, 2.45) is 0 Å². The van der Waals surface area contributed by atoms with Crippen molar-refractivity contribution in [2.75, 3.05) is 16.8 Å². The van der Waals surface area contributed by atoms with Crippen LogP contribution in [0, 0.1) is 6.92 Å². The molecule has 1 heterocycles. The second-order valence-corrected chi connectivity index (χ2v) is 6.74. The molecule has 0 radical (unpaired) electrons. The van der Waals surface area contributed by atoms with Gasteiger partial charge in [0.1, 0.15) is 6.04 Å². The van der Waals surface area contributed by atoms with Gasteiger partial charge in [0.25, 0.3) is 11.7 Å². The fraction of sp³-hybridized carbons (Fsp3) is 0.273. The van der Waals surface area contributed by atoms with E-state index in [0.717, 1.165) is 5.56 Å². The summed E-state index contributed by atoms with van der Waals surface area (Å²) in [5.41, 5.74) is 2.32. The summed E-state index contributed by atoms with van der Waals surface area (Å²) in [6.07, 6.45) is 0.315. The predicted molar refractivity (Wildman–Crippen MR) is 108 cm³/mol. The fourth-order valence-electron chi connectivity index (χ4n) is 3.33. The lowest BCUT2D eigenvalue weighted by Crippen LogP contribution is -2.46. The van der Waals surface area contributed by atoms with Gasteiger partial charge < -0.3 is 10.1 Å². The number of ketones is 1. The molecule has 3 rings (SSSR count). The average Bonchev–Trinajstić information content (AvgIpc) is 2.94. The number of benzene rings is 2. The second kappa shape index (κ2) is 8.26. The van der Waals surface area contributed by atoms with Gasteiger partial charge in [0.2, 0.25) is 5.91 Å². The Kier molecular flexibility index (Phi) is 5.77. The summed E-state index contributed by atoms with van der Waals surface area (Å²) >= 11 is 0. The van der Waals surface area contributed by atoms with Gasteiger partial charge in [-0.3, -0.25) is 19.3 Å². The number of hydrogen-bond acceptors (Lipinski definition) is 5. The second-order valence-electron chi connectivity index (χ2n) is 6.74. The lowest BCUT2D eigenvalue weighted by molar-refractivity contribution is -0.121. The van der Waals surface area contributed by atoms with E-state index >= 15 is 0 Å². The van der Waals surface area contributed by atoms with E-state index in [-0.39, 0.29) is 6.61 Å². The van der Waals surface area contributed by atoms with Gasteiger partial charge in [-0.2, -0.15) is 0 Å². The standard InChI is InChI=1S/C22H22N2O5/c1-4-17(24-18-10-9-13(3)11-16(18)19(25)21(24)27)20(26)23-15-8-6-7-14(12-15)22(28)29-5-2/h6-12,17H,4-5H2,1-3H3,(H,23,26). The van der Waals surface area contributed by atoms with Gasteiger partial charge in [0, 0.05) is 5.69 Å². The molecule has 1 unspecified atom stereocenters. The highest BCUT2D eigenvalue weighted by Crippen LogP contribution is 2.32. The first-order valence-electron chi connectivity index (χ1n) is 9.44. The lowest BCUT2D eigenvalue weighted by Gasteiger charge is -2.26. The average molecular weight is 394 g/mol. The third kappa shape index (κ3) is 3.89. The van der Waals surface area contributed by atoms with Crippen LogP contribution in [-0.4, -0.2) is 36.2 Å². The monoisotopic (exact) mass is 394 g/mol. The van der Waals surface area contributed by atoms with Gasteiger partial charge in [-0.05, 0) is 50.6 Å². The van der Waals surface area contributed by atoms with Crippen molar-refractivity contribution in [2.45, 2.75) is 33.2 Å². The van der Waals surface area contributed by atoms with E-state index in [1.165, 1.54) is 11.0 Å². The van der Waals surface area contributed by atoms with Crippen LogP contribution in [-0.2, 0) is 14.3 Å². The maximum Gasteiger partial charge on any atom is 0.338 e. The first-order chi connectivity index (χ1) is 13.9. The van der Waals surface area contributed by atoms with E-state index in [1.54, 1.807) is 50.2 Å². The molecule has 1 atom stereocenters. The van der Waals surface area contributed by atoms with Gasteiger partial charge in [-0.25, -0.2) is 4.79 Å². The lowest BCUT2D eigenvalue weighted by atomic mass is 10.1. The maximum absolute atomic E-state index is 12.9. The third-order valence-electron chi connectivity index (χ3n) is 4.71. The highest BCUT2D eigenvalue weighted by atomic mass is 16.5. The number of nitrogens with one attached hydrogen (secondary N) is 1. The number of esters is 1. The number of rotatable bonds is 6. The molecule has 0 fully saturated rings. The third-order valence-corrected chi connectivity index (χ3v) is 4.71.